The molecule has 1 aliphatic rings. The quantitative estimate of drug-likeness (QED) is 0.175. The maximum absolute atomic E-state index is 2.44. The van der Waals surface area contributed by atoms with Crippen molar-refractivity contribution in [2.24, 2.45) is 0 Å². The molecule has 2 heterocycles. The van der Waals surface area contributed by atoms with Crippen LogP contribution in [0.4, 0.5) is 0 Å². The van der Waals surface area contributed by atoms with E-state index in [0.29, 0.717) is 5.92 Å². The van der Waals surface area contributed by atoms with E-state index in [-0.39, 0.29) is 0 Å². The van der Waals surface area contributed by atoms with Crippen LogP contribution in [0.15, 0.2) is 176 Å². The highest BCUT2D eigenvalue weighted by molar-refractivity contribution is 6.09. The Morgan fingerprint density at radius 2 is 0.843 bits per heavy atom. The lowest BCUT2D eigenvalue weighted by molar-refractivity contribution is 0.773. The zero-order valence-electron chi connectivity index (χ0n) is 28.5. The monoisotopic (exact) mass is 652 g/mol. The predicted molar refractivity (Wildman–Crippen MR) is 216 cm³/mol. The molecule has 1 atom stereocenters. The summed E-state index contributed by atoms with van der Waals surface area (Å²) in [6.45, 7) is 2.34. The van der Waals surface area contributed by atoms with Crippen molar-refractivity contribution in [2.75, 3.05) is 0 Å². The zero-order chi connectivity index (χ0) is 33.9. The molecule has 1 aliphatic carbocycles. The van der Waals surface area contributed by atoms with Gasteiger partial charge in [-0.3, -0.25) is 0 Å². The molecule has 0 radical (unpaired) electrons. The van der Waals surface area contributed by atoms with Crippen LogP contribution in [0, 0.1) is 0 Å². The molecule has 0 saturated heterocycles. The molecule has 0 N–H and O–H groups in total. The van der Waals surface area contributed by atoms with Gasteiger partial charge in [0.2, 0.25) is 0 Å². The molecule has 2 aromatic heterocycles. The number of para-hydroxylation sites is 3. The van der Waals surface area contributed by atoms with Gasteiger partial charge in [-0.05, 0) is 118 Å². The van der Waals surface area contributed by atoms with Gasteiger partial charge in [0.25, 0.3) is 0 Å². The third-order valence-corrected chi connectivity index (χ3v) is 10.7. The molecule has 2 heteroatoms. The van der Waals surface area contributed by atoms with E-state index in [1.54, 1.807) is 0 Å². The van der Waals surface area contributed by atoms with Crippen molar-refractivity contribution in [2.45, 2.75) is 19.3 Å². The summed E-state index contributed by atoms with van der Waals surface area (Å²) >= 11 is 0. The first kappa shape index (κ1) is 29.5. The Bertz CT molecular complexity index is 2700. The van der Waals surface area contributed by atoms with Crippen molar-refractivity contribution >= 4 is 38.8 Å². The van der Waals surface area contributed by atoms with E-state index >= 15 is 0 Å². The lowest BCUT2D eigenvalue weighted by Crippen LogP contribution is -2.02. The van der Waals surface area contributed by atoms with Crippen molar-refractivity contribution in [3.05, 3.63) is 187 Å². The summed E-state index contributed by atoms with van der Waals surface area (Å²) in [5.41, 5.74) is 16.1. The van der Waals surface area contributed by atoms with Gasteiger partial charge in [0.05, 0.1) is 16.6 Å². The molecule has 0 aliphatic heterocycles. The van der Waals surface area contributed by atoms with Gasteiger partial charge in [0.1, 0.15) is 0 Å². The molecule has 0 saturated carbocycles. The first-order valence-corrected chi connectivity index (χ1v) is 17.9. The minimum Gasteiger partial charge on any atom is -0.310 e. The second-order valence-corrected chi connectivity index (χ2v) is 13.8. The molecule has 7 aromatic carbocycles. The fourth-order valence-corrected chi connectivity index (χ4v) is 8.31. The van der Waals surface area contributed by atoms with Gasteiger partial charge in [0, 0.05) is 33.2 Å². The molecule has 10 rings (SSSR count). The minimum atomic E-state index is 0.505. The van der Waals surface area contributed by atoms with E-state index in [0.717, 1.165) is 12.1 Å². The molecule has 0 bridgehead atoms. The second kappa shape index (κ2) is 11.9. The molecular formula is C49H36N2. The number of hydrogen-bond acceptors (Lipinski definition) is 0. The second-order valence-electron chi connectivity index (χ2n) is 13.8. The third-order valence-electron chi connectivity index (χ3n) is 10.7. The summed E-state index contributed by atoms with van der Waals surface area (Å²) in [6.07, 6.45) is 5.72. The Hall–Kier alpha value is -6.38. The Morgan fingerprint density at radius 1 is 0.412 bits per heavy atom. The first-order valence-electron chi connectivity index (χ1n) is 17.9. The van der Waals surface area contributed by atoms with E-state index in [1.165, 1.54) is 83.0 Å². The molecular weight excluding hydrogens is 617 g/mol. The molecule has 1 unspecified atom stereocenters. The summed E-state index contributed by atoms with van der Waals surface area (Å²) in [5.74, 6) is 0.505. The van der Waals surface area contributed by atoms with Crippen LogP contribution in [-0.4, -0.2) is 9.13 Å². The summed E-state index contributed by atoms with van der Waals surface area (Å²) in [4.78, 5) is 0. The highest BCUT2D eigenvalue weighted by atomic mass is 15.0. The smallest absolute Gasteiger partial charge is 0.0541 e. The van der Waals surface area contributed by atoms with E-state index < -0.39 is 0 Å². The van der Waals surface area contributed by atoms with Crippen LogP contribution in [0.5, 0.6) is 0 Å². The summed E-state index contributed by atoms with van der Waals surface area (Å²) < 4.78 is 4.81. The summed E-state index contributed by atoms with van der Waals surface area (Å²) in [6, 6.07) is 62.1. The highest BCUT2D eigenvalue weighted by Gasteiger charge is 2.22. The number of allylic oxidation sites excluding steroid dienone is 1. The summed E-state index contributed by atoms with van der Waals surface area (Å²) in [7, 11) is 0. The Labute approximate surface area is 298 Å². The number of nitrogens with zero attached hydrogens (tertiary/aromatic N) is 2. The minimum absolute atomic E-state index is 0.505. The van der Waals surface area contributed by atoms with Gasteiger partial charge in [-0.25, -0.2) is 0 Å². The molecule has 51 heavy (non-hydrogen) atoms. The van der Waals surface area contributed by atoms with Crippen LogP contribution in [-0.2, 0) is 0 Å². The maximum Gasteiger partial charge on any atom is 0.0541 e. The standard InChI is InChI=1S/C49H36N2/c1-33-12-11-21-48-49(33)44-17-7-10-20-47(44)51(48)41-28-24-36(25-29-41)39-31-37(34-13-3-2-4-14-34)30-38(32-39)35-22-26-40(27-23-35)50-45-18-8-5-15-42(45)43-16-6-9-19-46(43)50/h2-11,13-33H,12H2,1H3. The zero-order valence-corrected chi connectivity index (χ0v) is 28.5. The average molecular weight is 653 g/mol. The molecule has 2 nitrogen and oxygen atoms in total. The van der Waals surface area contributed by atoms with Gasteiger partial charge in [-0.15, -0.1) is 0 Å². The van der Waals surface area contributed by atoms with Crippen LogP contribution in [0.25, 0.3) is 83.5 Å². The van der Waals surface area contributed by atoms with E-state index in [2.05, 4.69) is 198 Å². The fourth-order valence-electron chi connectivity index (χ4n) is 8.31. The normalized spacial score (nSPS) is 14.0. The highest BCUT2D eigenvalue weighted by Crippen LogP contribution is 2.40. The number of rotatable bonds is 5. The number of benzene rings is 7. The number of hydrogen-bond donors (Lipinski definition) is 0. The maximum atomic E-state index is 2.44. The Morgan fingerprint density at radius 3 is 1.39 bits per heavy atom. The van der Waals surface area contributed by atoms with Crippen LogP contribution in [0.3, 0.4) is 0 Å². The lowest BCUT2D eigenvalue weighted by atomic mass is 9.91. The largest absolute Gasteiger partial charge is 0.310 e. The topological polar surface area (TPSA) is 9.86 Å². The third kappa shape index (κ3) is 4.87. The van der Waals surface area contributed by atoms with Crippen LogP contribution in [0.1, 0.15) is 30.5 Å². The van der Waals surface area contributed by atoms with Gasteiger partial charge in [-0.2, -0.15) is 0 Å². The Kier molecular flexibility index (Phi) is 6.89. The fraction of sp³-hybridized carbons (Fsp3) is 0.0612. The molecule has 0 amide bonds. The SMILES string of the molecule is CC1CC=Cc2c1c1ccccc1n2-c1ccc(-c2cc(-c3ccccc3)cc(-c3ccc(-n4c5ccccc5c5ccccc54)cc3)c2)cc1. The van der Waals surface area contributed by atoms with E-state index in [4.69, 9.17) is 0 Å². The molecule has 9 aromatic rings. The van der Waals surface area contributed by atoms with E-state index in [9.17, 15) is 0 Å². The lowest BCUT2D eigenvalue weighted by Gasteiger charge is -2.17. The van der Waals surface area contributed by atoms with Crippen molar-refractivity contribution in [3.63, 3.8) is 0 Å². The van der Waals surface area contributed by atoms with Gasteiger partial charge >= 0.3 is 0 Å². The molecule has 0 fully saturated rings. The average Bonchev–Trinajstić information content (AvgIpc) is 3.72. The first-order chi connectivity index (χ1) is 25.2. The van der Waals surface area contributed by atoms with Crippen molar-refractivity contribution < 1.29 is 0 Å². The molecule has 242 valence electrons. The Balaban J connectivity index is 1.07. The van der Waals surface area contributed by atoms with Crippen LogP contribution < -0.4 is 0 Å². The number of aromatic nitrogens is 2. The van der Waals surface area contributed by atoms with Crippen molar-refractivity contribution in [1.82, 2.24) is 9.13 Å². The summed E-state index contributed by atoms with van der Waals surface area (Å²) in [5, 5.41) is 3.91. The van der Waals surface area contributed by atoms with Gasteiger partial charge in [-0.1, -0.05) is 122 Å². The van der Waals surface area contributed by atoms with Crippen LogP contribution in [0.2, 0.25) is 0 Å². The van der Waals surface area contributed by atoms with Crippen molar-refractivity contribution in [1.29, 1.82) is 0 Å². The van der Waals surface area contributed by atoms with Gasteiger partial charge in [0.15, 0.2) is 0 Å². The van der Waals surface area contributed by atoms with E-state index in [1.807, 2.05) is 0 Å². The van der Waals surface area contributed by atoms with Gasteiger partial charge < -0.3 is 9.13 Å². The number of fused-ring (bicyclic) bond motifs is 6. The van der Waals surface area contributed by atoms with Crippen molar-refractivity contribution in [3.8, 4) is 44.8 Å². The molecule has 0 spiro atoms. The van der Waals surface area contributed by atoms with Crippen LogP contribution >= 0.6 is 0 Å². The predicted octanol–water partition coefficient (Wildman–Crippen LogP) is 13.2.